The van der Waals surface area contributed by atoms with Crippen molar-refractivity contribution in [3.05, 3.63) is 240 Å². The second-order valence-corrected chi connectivity index (χ2v) is 45.2. The number of ether oxygens (including phenoxy) is 4. The zero-order valence-corrected chi connectivity index (χ0v) is 94.7. The van der Waals surface area contributed by atoms with Gasteiger partial charge in [-0.05, 0) is 293 Å². The Morgan fingerprint density at radius 2 is 0.700 bits per heavy atom. The minimum absolute atomic E-state index is 0. The molecule has 0 spiro atoms. The normalized spacial score (nSPS) is 27.5. The molecule has 10 fully saturated rings. The Balaban J connectivity index is 0.000000196. The van der Waals surface area contributed by atoms with Gasteiger partial charge in [0, 0.05) is 140 Å². The van der Waals surface area contributed by atoms with Gasteiger partial charge in [0.25, 0.3) is 0 Å². The van der Waals surface area contributed by atoms with Gasteiger partial charge in [-0.1, -0.05) is 132 Å². The standard InChI is InChI=1S/C39H48F2N2O4.C30H33F2N.C26H39BFNO4.C19H21BrFNO2.3Y/c1-25(8-19-34-21-32(40)23-42(34)36(44)46-38(2,3)4)26-9-11-27(12-10-26)28-13-15-29(16-14-28)30-17-18-31(20-30)35-22-33(41)24-43(35)37(45)47-39(5,6)7;1-20(2-3-21-4-15-28(31)16-21)22-5-7-23(8-6-22)24-9-11-25(12-10-24)26-13-14-27(17-26)30-18-29(32)19-33-30;1-24(2,3)31-23(30)29-16-21(28)15-22(29)19-9-8-18(14-19)17-10-12-20(13-11-17)27-32-25(4,5)26(6,7)33-27;1-13(14-6-8-15(20)9-7-14)5-10-17-11-16(21)12-22(17)18(23)24-19(2,3)4;;;/h1,8-16,30-35H,17-18,20-24H2,2-7H3;1-2,5-12,21,26-30,33H,4,13-19H2;10-13,18-19,21-22H,8-9,14-16H2,1-7H3;1,5-9,16-17H,11-12H2,2-4H3;;;/q2*-2;;-2;;;/t30?,31?,32-,33-,34-,35+;21-,26?,27?,28-,29+,30-;18?,19?,21-,22+;16-,17-;;;/m1011.../s1. The monoisotopic (exact) mass is 2210 g/mol. The van der Waals surface area contributed by atoms with Crippen molar-refractivity contribution in [2.45, 2.75) is 339 Å². The van der Waals surface area contributed by atoms with Crippen LogP contribution in [-0.2, 0) is 126 Å². The molecule has 6 aliphatic heterocycles. The van der Waals surface area contributed by atoms with Crippen molar-refractivity contribution in [3.63, 3.8) is 0 Å². The second-order valence-electron chi connectivity index (χ2n) is 44.3. The fourth-order valence-corrected chi connectivity index (χ4v) is 20.9. The summed E-state index contributed by atoms with van der Waals surface area (Å²) in [6, 6.07) is 48.9. The van der Waals surface area contributed by atoms with E-state index in [2.05, 4.69) is 152 Å². The average molecular weight is 2210 g/mol. The number of amides is 4. The molecule has 6 heterocycles. The minimum Gasteiger partial charge on any atom is -0.444 e. The summed E-state index contributed by atoms with van der Waals surface area (Å²) in [5.41, 5.74) is 10.5. The van der Waals surface area contributed by atoms with E-state index in [1.807, 2.05) is 108 Å². The van der Waals surface area contributed by atoms with E-state index in [-0.39, 0.29) is 185 Å². The molecule has 4 saturated carbocycles. The number of likely N-dealkylation sites (tertiary alicyclic amines) is 4. The Morgan fingerprint density at radius 3 is 1.04 bits per heavy atom. The molecule has 6 aromatic carbocycles. The molecule has 140 heavy (non-hydrogen) atoms. The third kappa shape index (κ3) is 32.3. The van der Waals surface area contributed by atoms with E-state index in [9.17, 15) is 45.5 Å². The Bertz CT molecular complexity index is 5210. The first-order chi connectivity index (χ1) is 64.5. The first kappa shape index (κ1) is 116. The summed E-state index contributed by atoms with van der Waals surface area (Å²) in [6.45, 7) is 49.3. The van der Waals surface area contributed by atoms with E-state index in [1.165, 1.54) is 44.9 Å². The van der Waals surface area contributed by atoms with Crippen LogP contribution < -0.4 is 10.8 Å². The van der Waals surface area contributed by atoms with E-state index in [0.717, 1.165) is 94.7 Å². The minimum atomic E-state index is -1.14. The van der Waals surface area contributed by atoms with Crippen LogP contribution in [0.15, 0.2) is 168 Å². The van der Waals surface area contributed by atoms with Gasteiger partial charge in [0.05, 0.1) is 43.6 Å². The van der Waals surface area contributed by atoms with Gasteiger partial charge in [0.1, 0.15) is 53.3 Å². The first-order valence-corrected chi connectivity index (χ1v) is 50.2. The number of rotatable bonds is 18. The van der Waals surface area contributed by atoms with E-state index in [4.69, 9.17) is 48.0 Å². The SMILES string of the molecule is CC(C)(C)OC(=O)N1C[C@H](F)C[C@H]1C1CCC(c2ccc(B3OC(C)(C)C(C)(C)O3)cc2)C1.[CH-]=C(C=[C-][C@@H]1C[C@@H](F)CN1C(=O)OC(C)(C)C)c1ccc(-c2ccc(C3CCC([C@@H]4C[C@@H](F)CN4C(=O)OC(C)(C)C)C3)cc2)cc1.[CH-]=C(C=[C-][C@@H]1C[C@@H](F)CN1C(=O)OC(C)(C)C)c1ccc(Br)cc1.[CH-]=C(C=[C-][C@H]1CC[C@H](F)C1)c1ccc(-c2ccc(C3CCC([C@@H]4C[C@@H](F)CN4)C3)cc2)cc1.[Y].[Y].[Y]. The van der Waals surface area contributed by atoms with Gasteiger partial charge < -0.3 is 126 Å². The molecule has 0 aromatic heterocycles. The molecule has 16 rings (SSSR count). The molecule has 6 aromatic rings. The molecule has 10 aliphatic rings. The maximum absolute atomic E-state index is 14.5. The summed E-state index contributed by atoms with van der Waals surface area (Å²) < 4.78 is 119. The third-order valence-electron chi connectivity index (χ3n) is 28.5. The zero-order valence-electron chi connectivity index (χ0n) is 84.6. The maximum Gasteiger partial charge on any atom is 0.494 e. The van der Waals surface area contributed by atoms with Crippen molar-refractivity contribution in [3.8, 4) is 22.3 Å². The molecule has 749 valence electrons. The van der Waals surface area contributed by atoms with Crippen LogP contribution in [0.4, 0.5) is 45.5 Å². The number of hydrogen-bond acceptors (Lipinski definition) is 11. The number of benzene rings is 6. The van der Waals surface area contributed by atoms with Crippen molar-refractivity contribution >= 4 is 69.6 Å². The molecule has 1 N–H and O–H groups in total. The molecule has 6 unspecified atom stereocenters. The van der Waals surface area contributed by atoms with E-state index >= 15 is 0 Å². The smallest absolute Gasteiger partial charge is 0.444 e. The average Bonchev–Trinajstić information content (AvgIpc) is 1.61. The number of nitrogens with one attached hydrogen (secondary N) is 1. The van der Waals surface area contributed by atoms with Crippen LogP contribution >= 0.6 is 15.9 Å². The van der Waals surface area contributed by atoms with Gasteiger partial charge in [0.15, 0.2) is 0 Å². The van der Waals surface area contributed by atoms with E-state index in [0.29, 0.717) is 91.0 Å². The summed E-state index contributed by atoms with van der Waals surface area (Å²) in [4.78, 5) is 56.3. The predicted octanol–water partition coefficient (Wildman–Crippen LogP) is 26.5. The van der Waals surface area contributed by atoms with Crippen molar-refractivity contribution < 1.29 is 172 Å². The summed E-state index contributed by atoms with van der Waals surface area (Å²) in [7, 11) is -0.359. The summed E-state index contributed by atoms with van der Waals surface area (Å²) in [6.07, 6.45) is 20.3. The van der Waals surface area contributed by atoms with Gasteiger partial charge in [-0.15, -0.1) is 42.3 Å². The van der Waals surface area contributed by atoms with Crippen LogP contribution in [0.5, 0.6) is 0 Å². The molecule has 3 radical (unpaired) electrons. The van der Waals surface area contributed by atoms with Crippen LogP contribution in [-0.4, -0.2) is 185 Å². The maximum atomic E-state index is 14.5. The molecule has 0 bridgehead atoms. The summed E-state index contributed by atoms with van der Waals surface area (Å²) in [5.74, 6) is 2.70. The molecular weight excluding hydrogens is 2070 g/mol. The Morgan fingerprint density at radius 1 is 0.386 bits per heavy atom. The molecular formula is C114H141BBrF6N5O10Y3-6. The number of alkyl halides is 6. The van der Waals surface area contributed by atoms with Gasteiger partial charge in [-0.2, -0.15) is 0 Å². The van der Waals surface area contributed by atoms with Gasteiger partial charge in [-0.3, -0.25) is 0 Å². The van der Waals surface area contributed by atoms with Crippen LogP contribution in [0.1, 0.15) is 271 Å². The van der Waals surface area contributed by atoms with Gasteiger partial charge in [0.2, 0.25) is 0 Å². The number of hydrogen-bond donors (Lipinski definition) is 1. The Hall–Kier alpha value is -5.84. The van der Waals surface area contributed by atoms with Crippen molar-refractivity contribution in [1.82, 2.24) is 24.9 Å². The fourth-order valence-electron chi connectivity index (χ4n) is 20.7. The molecule has 15 nitrogen and oxygen atoms in total. The van der Waals surface area contributed by atoms with Crippen LogP contribution in [0, 0.1) is 61.6 Å². The number of halogens is 7. The van der Waals surface area contributed by atoms with Crippen molar-refractivity contribution in [1.29, 1.82) is 0 Å². The zero-order chi connectivity index (χ0) is 99.0. The molecule has 6 saturated heterocycles. The number of allylic oxidation sites excluding steroid dienone is 7. The summed E-state index contributed by atoms with van der Waals surface area (Å²) in [5, 5.41) is 3.38. The fraction of sp³-hybridized carbons (Fsp3) is 0.544. The van der Waals surface area contributed by atoms with Gasteiger partial charge >= 0.3 is 31.5 Å². The molecule has 26 heteroatoms. The van der Waals surface area contributed by atoms with Crippen LogP contribution in [0.25, 0.3) is 39.0 Å². The Labute approximate surface area is 914 Å². The van der Waals surface area contributed by atoms with Crippen molar-refractivity contribution in [2.75, 3.05) is 32.7 Å². The number of carbonyl (C=O) groups excluding carboxylic acids is 4. The predicted molar refractivity (Wildman–Crippen MR) is 535 cm³/mol. The first-order valence-electron chi connectivity index (χ1n) is 49.4. The largest absolute Gasteiger partial charge is 0.494 e. The summed E-state index contributed by atoms with van der Waals surface area (Å²) >= 11 is 3.37. The van der Waals surface area contributed by atoms with Crippen LogP contribution in [0.3, 0.4) is 0 Å². The number of carbonyl (C=O) groups is 4. The Kier molecular flexibility index (Phi) is 41.7. The van der Waals surface area contributed by atoms with Crippen molar-refractivity contribution in [2.24, 2.45) is 23.7 Å². The number of nitrogens with zero attached hydrogens (tertiary/aromatic N) is 4. The van der Waals surface area contributed by atoms with E-state index in [1.54, 1.807) is 63.5 Å². The third-order valence-corrected chi connectivity index (χ3v) is 29.0. The topological polar surface area (TPSA) is 149 Å². The molecule has 4 amide bonds. The molecule has 18 atom stereocenters. The van der Waals surface area contributed by atoms with Crippen LogP contribution in [0.2, 0.25) is 0 Å². The molecule has 4 aliphatic carbocycles. The van der Waals surface area contributed by atoms with Gasteiger partial charge in [-0.25, -0.2) is 62.2 Å². The van der Waals surface area contributed by atoms with E-state index < -0.39 is 89.8 Å². The quantitative estimate of drug-likeness (QED) is 0.0288. The second kappa shape index (κ2) is 50.2.